The van der Waals surface area contributed by atoms with E-state index in [4.69, 9.17) is 4.74 Å². The molecule has 8 nitrogen and oxygen atoms in total. The molecule has 0 unspecified atom stereocenters. The maximum Gasteiger partial charge on any atom is 0.407 e. The van der Waals surface area contributed by atoms with Crippen molar-refractivity contribution in [1.29, 1.82) is 0 Å². The third-order valence-electron chi connectivity index (χ3n) is 11.1. The molecule has 4 atom stereocenters. The smallest absolute Gasteiger partial charge is 0.407 e. The minimum absolute atomic E-state index is 0.0674. The number of amides is 2. The van der Waals surface area contributed by atoms with E-state index in [-0.39, 0.29) is 23.8 Å². The number of carbonyl (C=O) groups is 3. The summed E-state index contributed by atoms with van der Waals surface area (Å²) in [5.41, 5.74) is 5.04. The predicted octanol–water partition coefficient (Wildman–Crippen LogP) is 9.36. The fraction of sp³-hybridized carbons (Fsp3) is 0.438. The van der Waals surface area contributed by atoms with Crippen LogP contribution in [-0.2, 0) is 32.0 Å². The van der Waals surface area contributed by atoms with Crippen molar-refractivity contribution in [3.05, 3.63) is 143 Å². The summed E-state index contributed by atoms with van der Waals surface area (Å²) in [5.74, 6) is 0.324. The summed E-state index contributed by atoms with van der Waals surface area (Å²) < 4.78 is 5.28. The maximum absolute atomic E-state index is 14.4. The molecule has 0 aliphatic carbocycles. The molecular weight excluding hydrogens is 763 g/mol. The number of nitrogens with zero attached hydrogens (tertiary/aromatic N) is 2. The van der Waals surface area contributed by atoms with Gasteiger partial charge in [-0.2, -0.15) is 11.8 Å². The quantitative estimate of drug-likeness (QED) is 0.0959. The molecule has 1 aliphatic heterocycles. The third-order valence-corrected chi connectivity index (χ3v) is 13.4. The number of ether oxygens (including phenoxy) is 1. The van der Waals surface area contributed by atoms with E-state index in [0.29, 0.717) is 43.9 Å². The van der Waals surface area contributed by atoms with Crippen molar-refractivity contribution in [2.75, 3.05) is 31.4 Å². The zero-order valence-corrected chi connectivity index (χ0v) is 36.7. The maximum atomic E-state index is 14.4. The Balaban J connectivity index is 1.50. The minimum Gasteiger partial charge on any atom is -0.480 e. The van der Waals surface area contributed by atoms with Crippen molar-refractivity contribution in [3.8, 4) is 0 Å². The lowest BCUT2D eigenvalue weighted by Crippen LogP contribution is -2.55. The van der Waals surface area contributed by atoms with Gasteiger partial charge in [0.25, 0.3) is 0 Å². The van der Waals surface area contributed by atoms with Crippen LogP contribution in [-0.4, -0.2) is 88.0 Å². The average Bonchev–Trinajstić information content (AvgIpc) is 3.20. The Morgan fingerprint density at radius 3 is 1.84 bits per heavy atom. The molecule has 0 saturated carbocycles. The standard InChI is InChI=1S/C48H61N3O5S2/c1-34(2)37(32-51-31-36-20-18-17-19-35(36)30-43(51)44(52)50(6)42(45(53)54)27-28-57-7)29-41(49-46(55)56-47(3,4)5)33-58-48(38-21-11-8-12-22-38,39-23-13-9-14-24-39)40-25-15-10-16-26-40/h8-26,34,37,41-43H,27-33H2,1-7H3,(H,49,55)(H,53,54)/t37-,41+,42-,43-/m0/s1. The Kier molecular flexibility index (Phi) is 16.0. The number of benzene rings is 4. The van der Waals surface area contributed by atoms with Crippen molar-refractivity contribution in [1.82, 2.24) is 15.1 Å². The van der Waals surface area contributed by atoms with Gasteiger partial charge in [-0.25, -0.2) is 9.59 Å². The van der Waals surface area contributed by atoms with Crippen LogP contribution in [0.2, 0.25) is 0 Å². The van der Waals surface area contributed by atoms with E-state index in [1.54, 1.807) is 30.6 Å². The van der Waals surface area contributed by atoms with Gasteiger partial charge in [0.1, 0.15) is 11.6 Å². The summed E-state index contributed by atoms with van der Waals surface area (Å²) in [4.78, 5) is 44.2. The first kappa shape index (κ1) is 44.8. The summed E-state index contributed by atoms with van der Waals surface area (Å²) in [5, 5.41) is 13.5. The van der Waals surface area contributed by atoms with Crippen LogP contribution in [0.5, 0.6) is 0 Å². The first-order valence-corrected chi connectivity index (χ1v) is 22.7. The van der Waals surface area contributed by atoms with E-state index in [0.717, 1.165) is 22.3 Å². The number of thioether (sulfide) groups is 2. The molecule has 1 aliphatic rings. The third kappa shape index (κ3) is 11.5. The largest absolute Gasteiger partial charge is 0.480 e. The molecule has 2 N–H and O–H groups in total. The second-order valence-corrected chi connectivity index (χ2v) is 18.9. The Bertz CT molecular complexity index is 1830. The Hall–Kier alpha value is -4.25. The van der Waals surface area contributed by atoms with Crippen LogP contribution in [0.4, 0.5) is 4.79 Å². The predicted molar refractivity (Wildman–Crippen MR) is 239 cm³/mol. The molecule has 10 heteroatoms. The van der Waals surface area contributed by atoms with Gasteiger partial charge in [-0.05, 0) is 91.7 Å². The van der Waals surface area contributed by atoms with Gasteiger partial charge in [0, 0.05) is 31.9 Å². The van der Waals surface area contributed by atoms with Crippen molar-refractivity contribution in [2.24, 2.45) is 11.8 Å². The number of rotatable bonds is 18. The van der Waals surface area contributed by atoms with Crippen molar-refractivity contribution < 1.29 is 24.2 Å². The van der Waals surface area contributed by atoms with Gasteiger partial charge in [-0.1, -0.05) is 129 Å². The molecule has 4 aromatic rings. The minimum atomic E-state index is -0.987. The number of carboxylic acid groups (broad SMARTS) is 1. The highest BCUT2D eigenvalue weighted by Crippen LogP contribution is 2.49. The molecule has 0 bridgehead atoms. The summed E-state index contributed by atoms with van der Waals surface area (Å²) >= 11 is 3.38. The van der Waals surface area contributed by atoms with Crippen molar-refractivity contribution in [3.63, 3.8) is 0 Å². The molecular formula is C48H61N3O5S2. The molecule has 0 fully saturated rings. The SMILES string of the molecule is CSCC[C@@H](C(=O)O)N(C)C(=O)[C@@H]1Cc2ccccc2CN1C[C@H](C[C@H](CSC(c1ccccc1)(c1ccccc1)c1ccccc1)NC(=O)OC(C)(C)C)C(C)C. The molecule has 5 rings (SSSR count). The topological polar surface area (TPSA) is 99.2 Å². The van der Waals surface area contributed by atoms with Crippen molar-refractivity contribution >= 4 is 41.5 Å². The van der Waals surface area contributed by atoms with E-state index in [1.165, 1.54) is 10.5 Å². The first-order chi connectivity index (χ1) is 27.7. The van der Waals surface area contributed by atoms with E-state index >= 15 is 0 Å². The van der Waals surface area contributed by atoms with Gasteiger partial charge in [-0.3, -0.25) is 9.69 Å². The summed E-state index contributed by atoms with van der Waals surface area (Å²) in [7, 11) is 1.64. The average molecular weight is 824 g/mol. The van der Waals surface area contributed by atoms with E-state index in [1.807, 2.05) is 57.4 Å². The molecule has 2 amide bonds. The Labute approximate surface area is 354 Å². The second kappa shape index (κ2) is 20.6. The van der Waals surface area contributed by atoms with Crippen LogP contribution in [0, 0.1) is 11.8 Å². The van der Waals surface area contributed by atoms with Gasteiger partial charge >= 0.3 is 12.1 Å². The van der Waals surface area contributed by atoms with Gasteiger partial charge < -0.3 is 20.1 Å². The number of carbonyl (C=O) groups excluding carboxylic acids is 2. The number of hydrogen-bond donors (Lipinski definition) is 2. The number of hydrogen-bond acceptors (Lipinski definition) is 7. The highest BCUT2D eigenvalue weighted by molar-refractivity contribution is 8.00. The number of alkyl carbamates (subject to hydrolysis) is 1. The van der Waals surface area contributed by atoms with Gasteiger partial charge in [0.15, 0.2) is 0 Å². The lowest BCUT2D eigenvalue weighted by atomic mass is 9.84. The lowest BCUT2D eigenvalue weighted by Gasteiger charge is -2.42. The number of likely N-dealkylation sites (N-methyl/N-ethyl adjacent to an activating group) is 1. The van der Waals surface area contributed by atoms with E-state index in [9.17, 15) is 19.5 Å². The molecule has 1 heterocycles. The van der Waals surface area contributed by atoms with Crippen LogP contribution in [0.25, 0.3) is 0 Å². The van der Waals surface area contributed by atoms with Crippen LogP contribution in [0.3, 0.4) is 0 Å². The molecule has 58 heavy (non-hydrogen) atoms. The molecule has 0 saturated heterocycles. The molecule has 0 spiro atoms. The molecule has 0 radical (unpaired) electrons. The Morgan fingerprint density at radius 1 is 0.845 bits per heavy atom. The fourth-order valence-corrected chi connectivity index (χ4v) is 10.0. The van der Waals surface area contributed by atoms with Crippen LogP contribution < -0.4 is 5.32 Å². The highest BCUT2D eigenvalue weighted by atomic mass is 32.2. The Morgan fingerprint density at radius 2 is 1.36 bits per heavy atom. The normalized spacial score (nSPS) is 16.2. The lowest BCUT2D eigenvalue weighted by molar-refractivity contribution is -0.151. The number of nitrogens with one attached hydrogen (secondary N) is 1. The van der Waals surface area contributed by atoms with Crippen LogP contribution in [0.1, 0.15) is 75.3 Å². The molecule has 4 aromatic carbocycles. The highest BCUT2D eigenvalue weighted by Gasteiger charge is 2.40. The van der Waals surface area contributed by atoms with E-state index < -0.39 is 34.5 Å². The monoisotopic (exact) mass is 823 g/mol. The zero-order valence-electron chi connectivity index (χ0n) is 35.1. The molecule has 0 aromatic heterocycles. The van der Waals surface area contributed by atoms with Crippen LogP contribution >= 0.6 is 23.5 Å². The summed E-state index contributed by atoms with van der Waals surface area (Å²) in [6, 6.07) is 38.2. The van der Waals surface area contributed by atoms with Crippen molar-refractivity contribution in [2.45, 2.75) is 88.9 Å². The first-order valence-electron chi connectivity index (χ1n) is 20.3. The van der Waals surface area contributed by atoms with Crippen LogP contribution in [0.15, 0.2) is 115 Å². The number of carboxylic acids is 1. The fourth-order valence-electron chi connectivity index (χ4n) is 7.97. The number of fused-ring (bicyclic) bond motifs is 1. The zero-order chi connectivity index (χ0) is 41.9. The van der Waals surface area contributed by atoms with Gasteiger partial charge in [0.2, 0.25) is 5.91 Å². The second-order valence-electron chi connectivity index (χ2n) is 16.7. The molecule has 310 valence electrons. The van der Waals surface area contributed by atoms with Gasteiger partial charge in [0.05, 0.1) is 10.8 Å². The summed E-state index contributed by atoms with van der Waals surface area (Å²) in [6.45, 7) is 11.2. The number of aliphatic carboxylic acids is 1. The van der Waals surface area contributed by atoms with Gasteiger partial charge in [-0.15, -0.1) is 11.8 Å². The van der Waals surface area contributed by atoms with E-state index in [2.05, 4.69) is 109 Å². The summed E-state index contributed by atoms with van der Waals surface area (Å²) in [6.07, 6.45) is 3.00.